The minimum Gasteiger partial charge on any atom is -0.394 e. The molecule has 4 nitrogen and oxygen atoms in total. The van der Waals surface area contributed by atoms with Crippen LogP contribution < -0.4 is 11.5 Å². The number of nitrogens with zero attached hydrogens (tertiary/aromatic N) is 2. The standard InChI is InChI=1S/C5H10N4.2ClH/c1-2-9-3-4(6)5(7)8-9;;/h3H,2,6H2,1H3,(H2,7,8);2*1H. The lowest BCUT2D eigenvalue weighted by atomic mass is 10.5. The van der Waals surface area contributed by atoms with E-state index in [1.165, 1.54) is 0 Å². The zero-order valence-corrected chi connectivity index (χ0v) is 7.78. The number of halogens is 2. The first-order valence-corrected chi connectivity index (χ1v) is 2.82. The van der Waals surface area contributed by atoms with Crippen LogP contribution in [0.25, 0.3) is 0 Å². The third-order valence-corrected chi connectivity index (χ3v) is 1.14. The number of hydrogen-bond acceptors (Lipinski definition) is 3. The molecule has 1 aromatic rings. The summed E-state index contributed by atoms with van der Waals surface area (Å²) >= 11 is 0. The summed E-state index contributed by atoms with van der Waals surface area (Å²) in [5.41, 5.74) is 11.3. The van der Waals surface area contributed by atoms with E-state index >= 15 is 0 Å². The molecule has 1 aromatic heterocycles. The lowest BCUT2D eigenvalue weighted by Crippen LogP contribution is -1.95. The molecule has 0 saturated carbocycles. The van der Waals surface area contributed by atoms with E-state index in [1.54, 1.807) is 10.9 Å². The van der Waals surface area contributed by atoms with Gasteiger partial charge in [-0.3, -0.25) is 4.68 Å². The van der Waals surface area contributed by atoms with Crippen molar-refractivity contribution < 1.29 is 0 Å². The molecule has 1 heterocycles. The van der Waals surface area contributed by atoms with Crippen molar-refractivity contribution in [1.82, 2.24) is 9.78 Å². The molecule has 4 N–H and O–H groups in total. The largest absolute Gasteiger partial charge is 0.394 e. The molecule has 0 amide bonds. The summed E-state index contributed by atoms with van der Waals surface area (Å²) in [6.45, 7) is 2.78. The van der Waals surface area contributed by atoms with Crippen molar-refractivity contribution in [3.63, 3.8) is 0 Å². The number of rotatable bonds is 1. The average Bonchev–Trinajstić information content (AvgIpc) is 2.13. The van der Waals surface area contributed by atoms with Crippen molar-refractivity contribution in [1.29, 1.82) is 0 Å². The summed E-state index contributed by atoms with van der Waals surface area (Å²) in [6.07, 6.45) is 1.72. The Morgan fingerprint density at radius 2 is 2.00 bits per heavy atom. The minimum absolute atomic E-state index is 0. The van der Waals surface area contributed by atoms with Crippen LogP contribution in [-0.2, 0) is 6.54 Å². The van der Waals surface area contributed by atoms with E-state index < -0.39 is 0 Å². The maximum Gasteiger partial charge on any atom is 0.168 e. The third kappa shape index (κ3) is 2.86. The number of anilines is 2. The summed E-state index contributed by atoms with van der Waals surface area (Å²) in [6, 6.07) is 0. The van der Waals surface area contributed by atoms with Crippen molar-refractivity contribution in [2.45, 2.75) is 13.5 Å². The minimum atomic E-state index is 0. The van der Waals surface area contributed by atoms with E-state index in [0.717, 1.165) is 6.54 Å². The summed E-state index contributed by atoms with van der Waals surface area (Å²) in [7, 11) is 0. The molecular weight excluding hydrogens is 187 g/mol. The number of hydrogen-bond donors (Lipinski definition) is 2. The predicted molar refractivity (Wildman–Crippen MR) is 51.2 cm³/mol. The molecule has 0 spiro atoms. The Morgan fingerprint density at radius 3 is 2.18 bits per heavy atom. The van der Waals surface area contributed by atoms with Crippen LogP contribution in [0.3, 0.4) is 0 Å². The molecule has 0 aliphatic carbocycles. The summed E-state index contributed by atoms with van der Waals surface area (Å²) in [5, 5.41) is 3.90. The summed E-state index contributed by atoms with van der Waals surface area (Å²) in [5.74, 6) is 0.414. The van der Waals surface area contributed by atoms with Gasteiger partial charge in [-0.25, -0.2) is 0 Å². The summed E-state index contributed by atoms with van der Waals surface area (Å²) < 4.78 is 1.70. The van der Waals surface area contributed by atoms with E-state index in [-0.39, 0.29) is 24.8 Å². The lowest BCUT2D eigenvalue weighted by molar-refractivity contribution is 0.663. The SMILES string of the molecule is CCn1cc(N)c(N)n1.Cl.Cl. The molecule has 0 aromatic carbocycles. The van der Waals surface area contributed by atoms with Gasteiger partial charge in [0.05, 0.1) is 11.9 Å². The molecule has 1 rings (SSSR count). The van der Waals surface area contributed by atoms with Crippen molar-refractivity contribution in [2.24, 2.45) is 0 Å². The van der Waals surface area contributed by atoms with Gasteiger partial charge in [0.1, 0.15) is 0 Å². The molecule has 0 atom stereocenters. The molecule has 0 fully saturated rings. The fourth-order valence-corrected chi connectivity index (χ4v) is 0.614. The second kappa shape index (κ2) is 5.09. The van der Waals surface area contributed by atoms with Crippen LogP contribution in [0.5, 0.6) is 0 Å². The molecular formula is C5H12Cl2N4. The van der Waals surface area contributed by atoms with Gasteiger partial charge in [0.25, 0.3) is 0 Å². The van der Waals surface area contributed by atoms with Gasteiger partial charge in [0, 0.05) is 6.54 Å². The summed E-state index contributed by atoms with van der Waals surface area (Å²) in [4.78, 5) is 0. The van der Waals surface area contributed by atoms with E-state index in [0.29, 0.717) is 11.5 Å². The van der Waals surface area contributed by atoms with Gasteiger partial charge in [-0.15, -0.1) is 24.8 Å². The second-order valence-electron chi connectivity index (χ2n) is 1.83. The molecule has 0 unspecified atom stereocenters. The average molecular weight is 199 g/mol. The topological polar surface area (TPSA) is 69.9 Å². The van der Waals surface area contributed by atoms with Gasteiger partial charge < -0.3 is 11.5 Å². The second-order valence-corrected chi connectivity index (χ2v) is 1.83. The van der Waals surface area contributed by atoms with E-state index in [9.17, 15) is 0 Å². The van der Waals surface area contributed by atoms with Gasteiger partial charge in [-0.05, 0) is 6.92 Å². The van der Waals surface area contributed by atoms with E-state index in [4.69, 9.17) is 11.5 Å². The fraction of sp³-hybridized carbons (Fsp3) is 0.400. The maximum absolute atomic E-state index is 5.41. The van der Waals surface area contributed by atoms with Crippen molar-refractivity contribution in [2.75, 3.05) is 11.5 Å². The molecule has 66 valence electrons. The first-order chi connectivity index (χ1) is 4.24. The van der Waals surface area contributed by atoms with Crippen LogP contribution in [0.1, 0.15) is 6.92 Å². The highest BCUT2D eigenvalue weighted by Crippen LogP contribution is 2.08. The zero-order valence-electron chi connectivity index (χ0n) is 6.15. The Bertz CT molecular complexity index is 191. The first-order valence-electron chi connectivity index (χ1n) is 2.82. The molecule has 0 saturated heterocycles. The van der Waals surface area contributed by atoms with Gasteiger partial charge in [0.2, 0.25) is 0 Å². The van der Waals surface area contributed by atoms with Crippen LogP contribution in [0.4, 0.5) is 11.5 Å². The Labute approximate surface area is 77.8 Å². The molecule has 6 heteroatoms. The lowest BCUT2D eigenvalue weighted by Gasteiger charge is -1.88. The Balaban J connectivity index is 0. The predicted octanol–water partition coefficient (Wildman–Crippen LogP) is 0.911. The Hall–Kier alpha value is -0.610. The van der Waals surface area contributed by atoms with Gasteiger partial charge in [0.15, 0.2) is 5.82 Å². The number of aryl methyl sites for hydroxylation is 1. The van der Waals surface area contributed by atoms with Crippen LogP contribution in [0.15, 0.2) is 6.20 Å². The van der Waals surface area contributed by atoms with Gasteiger partial charge in [-0.2, -0.15) is 5.10 Å². The van der Waals surface area contributed by atoms with Crippen LogP contribution in [0.2, 0.25) is 0 Å². The smallest absolute Gasteiger partial charge is 0.168 e. The quantitative estimate of drug-likeness (QED) is 0.706. The Kier molecular flexibility index (Phi) is 6.03. The monoisotopic (exact) mass is 198 g/mol. The molecule has 0 aliphatic heterocycles. The van der Waals surface area contributed by atoms with Crippen molar-refractivity contribution in [3.8, 4) is 0 Å². The maximum atomic E-state index is 5.41. The number of nitrogen functional groups attached to an aromatic ring is 2. The molecule has 0 radical (unpaired) electrons. The van der Waals surface area contributed by atoms with Crippen LogP contribution in [0, 0.1) is 0 Å². The highest BCUT2D eigenvalue weighted by Gasteiger charge is 1.97. The van der Waals surface area contributed by atoms with Crippen molar-refractivity contribution >= 4 is 36.3 Å². The van der Waals surface area contributed by atoms with Crippen LogP contribution in [-0.4, -0.2) is 9.78 Å². The molecule has 11 heavy (non-hydrogen) atoms. The highest BCUT2D eigenvalue weighted by atomic mass is 35.5. The number of nitrogens with two attached hydrogens (primary N) is 2. The molecule has 0 aliphatic rings. The fourth-order valence-electron chi connectivity index (χ4n) is 0.614. The van der Waals surface area contributed by atoms with Crippen LogP contribution >= 0.6 is 24.8 Å². The normalized spacial score (nSPS) is 8.09. The first kappa shape index (κ1) is 13.0. The van der Waals surface area contributed by atoms with Crippen molar-refractivity contribution in [3.05, 3.63) is 6.20 Å². The van der Waals surface area contributed by atoms with E-state index in [2.05, 4.69) is 5.10 Å². The van der Waals surface area contributed by atoms with E-state index in [1.807, 2.05) is 6.92 Å². The van der Waals surface area contributed by atoms with Gasteiger partial charge in [-0.1, -0.05) is 0 Å². The number of aromatic nitrogens is 2. The highest BCUT2D eigenvalue weighted by molar-refractivity contribution is 5.85. The Morgan fingerprint density at radius 1 is 1.45 bits per heavy atom. The van der Waals surface area contributed by atoms with Gasteiger partial charge >= 0.3 is 0 Å². The molecule has 0 bridgehead atoms. The third-order valence-electron chi connectivity index (χ3n) is 1.14. The zero-order chi connectivity index (χ0) is 6.85.